The molecule has 0 unspecified atom stereocenters. The van der Waals surface area contributed by atoms with Crippen molar-refractivity contribution in [2.75, 3.05) is 0 Å². The fraction of sp³-hybridized carbons (Fsp3) is 0.0769. The zero-order valence-corrected chi connectivity index (χ0v) is 11.5. The number of aromatic nitrogens is 1. The van der Waals surface area contributed by atoms with Crippen LogP contribution in [0.1, 0.15) is 16.8 Å². The van der Waals surface area contributed by atoms with E-state index in [0.717, 1.165) is 5.56 Å². The van der Waals surface area contributed by atoms with Crippen molar-refractivity contribution in [2.45, 2.75) is 6.42 Å². The van der Waals surface area contributed by atoms with Gasteiger partial charge in [-0.05, 0) is 51.3 Å². The summed E-state index contributed by atoms with van der Waals surface area (Å²) in [5.74, 6) is -0.324. The lowest BCUT2D eigenvalue weighted by Gasteiger charge is -2.05. The summed E-state index contributed by atoms with van der Waals surface area (Å²) in [6.07, 6.45) is 2.05. The number of pyridine rings is 1. The zero-order chi connectivity index (χ0) is 13.1. The second-order valence-corrected chi connectivity index (χ2v) is 4.96. The largest absolute Gasteiger partial charge is 0.244 e. The average Bonchev–Trinajstić information content (AvgIpc) is 2.34. The summed E-state index contributed by atoms with van der Waals surface area (Å²) in [5, 5.41) is 9.28. The van der Waals surface area contributed by atoms with Crippen molar-refractivity contribution in [2.24, 2.45) is 0 Å². The molecule has 0 aliphatic rings. The minimum Gasteiger partial charge on any atom is -0.244 e. The van der Waals surface area contributed by atoms with Gasteiger partial charge in [-0.2, -0.15) is 5.26 Å². The van der Waals surface area contributed by atoms with Gasteiger partial charge >= 0.3 is 0 Å². The van der Waals surface area contributed by atoms with Crippen LogP contribution in [0.15, 0.2) is 34.9 Å². The molecule has 0 spiro atoms. The Balaban J connectivity index is 2.32. The molecule has 0 bridgehead atoms. The van der Waals surface area contributed by atoms with Crippen molar-refractivity contribution < 1.29 is 4.39 Å². The molecule has 2 aromatic rings. The van der Waals surface area contributed by atoms with E-state index in [9.17, 15) is 4.39 Å². The third-order valence-corrected chi connectivity index (χ3v) is 3.38. The molecule has 0 saturated carbocycles. The van der Waals surface area contributed by atoms with Gasteiger partial charge in [-0.25, -0.2) is 9.37 Å². The van der Waals surface area contributed by atoms with Gasteiger partial charge in [-0.15, -0.1) is 0 Å². The molecule has 5 heteroatoms. The summed E-state index contributed by atoms with van der Waals surface area (Å²) >= 11 is 9.25. The standard InChI is InChI=1S/C13H7BrClFN2/c14-11-4-8(7-18-13(11)6-17)3-9-5-10(16)1-2-12(9)15/h1-2,4-5,7H,3H2. The van der Waals surface area contributed by atoms with Crippen molar-refractivity contribution in [3.8, 4) is 6.07 Å². The Morgan fingerprint density at radius 3 is 2.83 bits per heavy atom. The summed E-state index contributed by atoms with van der Waals surface area (Å²) in [4.78, 5) is 4.00. The van der Waals surface area contributed by atoms with E-state index in [1.807, 2.05) is 6.07 Å². The molecule has 0 amide bonds. The van der Waals surface area contributed by atoms with Gasteiger partial charge in [0, 0.05) is 17.6 Å². The molecule has 1 heterocycles. The van der Waals surface area contributed by atoms with Gasteiger partial charge in [-0.1, -0.05) is 11.6 Å². The molecule has 2 nitrogen and oxygen atoms in total. The molecule has 90 valence electrons. The van der Waals surface area contributed by atoms with Crippen molar-refractivity contribution in [1.82, 2.24) is 4.98 Å². The Labute approximate surface area is 117 Å². The smallest absolute Gasteiger partial charge is 0.154 e. The highest BCUT2D eigenvalue weighted by Crippen LogP contribution is 2.22. The molecule has 1 aromatic heterocycles. The van der Waals surface area contributed by atoms with Crippen LogP contribution in [0.4, 0.5) is 4.39 Å². The van der Waals surface area contributed by atoms with Crippen molar-refractivity contribution in [3.05, 3.63) is 62.6 Å². The molecule has 0 saturated heterocycles. The maximum absolute atomic E-state index is 13.1. The quantitative estimate of drug-likeness (QED) is 0.833. The summed E-state index contributed by atoms with van der Waals surface area (Å²) in [6, 6.07) is 7.99. The van der Waals surface area contributed by atoms with E-state index in [-0.39, 0.29) is 5.82 Å². The first-order chi connectivity index (χ1) is 8.60. The van der Waals surface area contributed by atoms with Gasteiger partial charge in [0.1, 0.15) is 11.9 Å². The number of halogens is 3. The first-order valence-corrected chi connectivity index (χ1v) is 6.25. The molecular formula is C13H7BrClFN2. The molecule has 0 fully saturated rings. The topological polar surface area (TPSA) is 36.7 Å². The summed E-state index contributed by atoms with van der Waals surface area (Å²) in [6.45, 7) is 0. The van der Waals surface area contributed by atoms with Gasteiger partial charge in [0.25, 0.3) is 0 Å². The van der Waals surface area contributed by atoms with Gasteiger partial charge < -0.3 is 0 Å². The maximum atomic E-state index is 13.1. The maximum Gasteiger partial charge on any atom is 0.154 e. The average molecular weight is 326 g/mol. The van der Waals surface area contributed by atoms with Crippen LogP contribution in [0.2, 0.25) is 5.02 Å². The van der Waals surface area contributed by atoms with Crippen LogP contribution >= 0.6 is 27.5 Å². The van der Waals surface area contributed by atoms with Crippen LogP contribution in [0.5, 0.6) is 0 Å². The van der Waals surface area contributed by atoms with E-state index >= 15 is 0 Å². The fourth-order valence-corrected chi connectivity index (χ4v) is 2.22. The monoisotopic (exact) mass is 324 g/mol. The zero-order valence-electron chi connectivity index (χ0n) is 9.12. The molecule has 1 aromatic carbocycles. The Morgan fingerprint density at radius 1 is 1.39 bits per heavy atom. The Bertz CT molecular complexity index is 637. The number of hydrogen-bond donors (Lipinski definition) is 0. The van der Waals surface area contributed by atoms with E-state index in [1.165, 1.54) is 18.2 Å². The summed E-state index contributed by atoms with van der Waals surface area (Å²) in [7, 11) is 0. The highest BCUT2D eigenvalue weighted by Gasteiger charge is 2.06. The summed E-state index contributed by atoms with van der Waals surface area (Å²) in [5.41, 5.74) is 1.87. The molecule has 0 atom stereocenters. The number of rotatable bonds is 2. The van der Waals surface area contributed by atoms with Crippen LogP contribution in [-0.4, -0.2) is 4.98 Å². The van der Waals surface area contributed by atoms with E-state index in [0.29, 0.717) is 27.2 Å². The van der Waals surface area contributed by atoms with Crippen LogP contribution < -0.4 is 0 Å². The third kappa shape index (κ3) is 2.87. The molecule has 2 rings (SSSR count). The first-order valence-electron chi connectivity index (χ1n) is 5.08. The van der Waals surface area contributed by atoms with Gasteiger partial charge in [0.2, 0.25) is 0 Å². The van der Waals surface area contributed by atoms with Crippen LogP contribution in [0, 0.1) is 17.1 Å². The van der Waals surface area contributed by atoms with Crippen molar-refractivity contribution in [1.29, 1.82) is 5.26 Å². The first kappa shape index (κ1) is 13.0. The highest BCUT2D eigenvalue weighted by molar-refractivity contribution is 9.10. The van der Waals surface area contributed by atoms with Crippen molar-refractivity contribution in [3.63, 3.8) is 0 Å². The lowest BCUT2D eigenvalue weighted by Crippen LogP contribution is -1.94. The Morgan fingerprint density at radius 2 is 2.17 bits per heavy atom. The van der Waals surface area contributed by atoms with Crippen LogP contribution in [0.25, 0.3) is 0 Å². The van der Waals surface area contributed by atoms with Gasteiger partial charge in [0.15, 0.2) is 5.69 Å². The van der Waals surface area contributed by atoms with Crippen LogP contribution in [0.3, 0.4) is 0 Å². The normalized spacial score (nSPS) is 10.1. The number of benzene rings is 1. The summed E-state index contributed by atoms with van der Waals surface area (Å²) < 4.78 is 13.7. The number of nitrogens with zero attached hydrogens (tertiary/aromatic N) is 2. The van der Waals surface area contributed by atoms with E-state index in [2.05, 4.69) is 20.9 Å². The van der Waals surface area contributed by atoms with Crippen molar-refractivity contribution >= 4 is 27.5 Å². The van der Waals surface area contributed by atoms with E-state index < -0.39 is 0 Å². The SMILES string of the molecule is N#Cc1ncc(Cc2cc(F)ccc2Cl)cc1Br. The Hall–Kier alpha value is -1.44. The van der Waals surface area contributed by atoms with Crippen LogP contribution in [-0.2, 0) is 6.42 Å². The minimum absolute atomic E-state index is 0.323. The lowest BCUT2D eigenvalue weighted by atomic mass is 10.1. The molecule has 18 heavy (non-hydrogen) atoms. The Kier molecular flexibility index (Phi) is 3.95. The molecule has 0 aliphatic heterocycles. The van der Waals surface area contributed by atoms with E-state index in [4.69, 9.17) is 16.9 Å². The highest BCUT2D eigenvalue weighted by atomic mass is 79.9. The minimum atomic E-state index is -0.324. The fourth-order valence-electron chi connectivity index (χ4n) is 1.56. The molecular weight excluding hydrogens is 319 g/mol. The van der Waals surface area contributed by atoms with Gasteiger partial charge in [0.05, 0.1) is 4.47 Å². The molecule has 0 radical (unpaired) electrons. The predicted octanol–water partition coefficient (Wildman–Crippen LogP) is 4.10. The second-order valence-electron chi connectivity index (χ2n) is 3.70. The third-order valence-electron chi connectivity index (χ3n) is 2.41. The van der Waals surface area contributed by atoms with E-state index in [1.54, 1.807) is 12.3 Å². The number of hydrogen-bond acceptors (Lipinski definition) is 2. The second kappa shape index (κ2) is 5.47. The molecule has 0 aliphatic carbocycles. The lowest BCUT2D eigenvalue weighted by molar-refractivity contribution is 0.626. The molecule has 0 N–H and O–H groups in total. The number of nitriles is 1. The predicted molar refractivity (Wildman–Crippen MR) is 70.9 cm³/mol. The van der Waals surface area contributed by atoms with Gasteiger partial charge in [-0.3, -0.25) is 0 Å².